The lowest BCUT2D eigenvalue weighted by Crippen LogP contribution is -1.91. The predicted molar refractivity (Wildman–Crippen MR) is 81.0 cm³/mol. The summed E-state index contributed by atoms with van der Waals surface area (Å²) in [6.45, 7) is 8.57. The van der Waals surface area contributed by atoms with Crippen LogP contribution in [0.5, 0.6) is 5.88 Å². The second-order valence-corrected chi connectivity index (χ2v) is 5.12. The average Bonchev–Trinajstić information content (AvgIpc) is 2.49. The van der Waals surface area contributed by atoms with Crippen molar-refractivity contribution in [2.45, 2.75) is 39.5 Å². The first-order valence-corrected chi connectivity index (χ1v) is 6.81. The lowest BCUT2D eigenvalue weighted by Gasteiger charge is -2.05. The molecule has 2 heterocycles. The number of methoxy groups -OCH3 is 1. The molecule has 0 radical (unpaired) electrons. The molecule has 0 aromatic carbocycles. The standard InChI is InChI=1S/C9H13NO.C7H10N2/c1-7(2)8-4-5-10-9(6-8)11-3;1-6(2)7-3-4-8-9-5-7/h4-7H,1-3H3;3-6H,1-2H3. The first-order valence-electron chi connectivity index (χ1n) is 6.81. The Morgan fingerprint density at radius 2 is 1.55 bits per heavy atom. The van der Waals surface area contributed by atoms with Gasteiger partial charge in [0, 0.05) is 18.5 Å². The van der Waals surface area contributed by atoms with Gasteiger partial charge >= 0.3 is 0 Å². The highest BCUT2D eigenvalue weighted by atomic mass is 16.5. The maximum atomic E-state index is 4.99. The topological polar surface area (TPSA) is 47.9 Å². The Kier molecular flexibility index (Phi) is 6.64. The molecule has 20 heavy (non-hydrogen) atoms. The fraction of sp³-hybridized carbons (Fsp3) is 0.438. The van der Waals surface area contributed by atoms with Crippen LogP contribution in [0.1, 0.15) is 50.7 Å². The van der Waals surface area contributed by atoms with Crippen LogP contribution in [-0.4, -0.2) is 22.3 Å². The molecule has 0 saturated heterocycles. The molecule has 0 aliphatic heterocycles. The molecule has 0 N–H and O–H groups in total. The first-order chi connectivity index (χ1) is 9.54. The van der Waals surface area contributed by atoms with Gasteiger partial charge < -0.3 is 4.74 Å². The summed E-state index contributed by atoms with van der Waals surface area (Å²) in [5, 5.41) is 7.43. The highest BCUT2D eigenvalue weighted by molar-refractivity contribution is 5.22. The Morgan fingerprint density at radius 3 is 2.00 bits per heavy atom. The summed E-state index contributed by atoms with van der Waals surface area (Å²) in [5.74, 6) is 1.78. The highest BCUT2D eigenvalue weighted by Gasteiger charge is 1.99. The molecule has 0 bridgehead atoms. The van der Waals surface area contributed by atoms with Crippen molar-refractivity contribution in [1.82, 2.24) is 15.2 Å². The van der Waals surface area contributed by atoms with E-state index in [9.17, 15) is 0 Å². The molecular weight excluding hydrogens is 250 g/mol. The number of hydrogen-bond acceptors (Lipinski definition) is 4. The van der Waals surface area contributed by atoms with Gasteiger partial charge in [-0.25, -0.2) is 4.98 Å². The molecule has 0 aliphatic rings. The zero-order valence-corrected chi connectivity index (χ0v) is 12.9. The molecule has 108 valence electrons. The number of nitrogens with zero attached hydrogens (tertiary/aromatic N) is 3. The van der Waals surface area contributed by atoms with Crippen molar-refractivity contribution in [2.24, 2.45) is 0 Å². The number of rotatable bonds is 3. The maximum absolute atomic E-state index is 4.99. The van der Waals surface area contributed by atoms with Crippen molar-refractivity contribution < 1.29 is 4.74 Å². The average molecular weight is 273 g/mol. The van der Waals surface area contributed by atoms with Gasteiger partial charge in [-0.15, -0.1) is 0 Å². The summed E-state index contributed by atoms with van der Waals surface area (Å²) in [4.78, 5) is 4.02. The van der Waals surface area contributed by atoms with Crippen molar-refractivity contribution >= 4 is 0 Å². The van der Waals surface area contributed by atoms with Crippen LogP contribution in [0.15, 0.2) is 36.8 Å². The monoisotopic (exact) mass is 273 g/mol. The molecule has 0 spiro atoms. The Morgan fingerprint density at radius 1 is 0.900 bits per heavy atom. The van der Waals surface area contributed by atoms with Crippen LogP contribution in [0.25, 0.3) is 0 Å². The predicted octanol–water partition coefficient (Wildman–Crippen LogP) is 3.81. The van der Waals surface area contributed by atoms with Crippen LogP contribution in [-0.2, 0) is 0 Å². The van der Waals surface area contributed by atoms with Crippen LogP contribution >= 0.6 is 0 Å². The molecule has 4 heteroatoms. The third-order valence-corrected chi connectivity index (χ3v) is 2.91. The van der Waals surface area contributed by atoms with Gasteiger partial charge in [0.1, 0.15) is 0 Å². The van der Waals surface area contributed by atoms with Gasteiger partial charge in [-0.3, -0.25) is 0 Å². The van der Waals surface area contributed by atoms with E-state index in [4.69, 9.17) is 4.74 Å². The number of aromatic nitrogens is 3. The SMILES string of the molecule is CC(C)c1ccnnc1.COc1cc(C(C)C)ccn1. The van der Waals surface area contributed by atoms with E-state index in [-0.39, 0.29) is 0 Å². The quantitative estimate of drug-likeness (QED) is 0.853. The molecule has 2 aromatic heterocycles. The highest BCUT2D eigenvalue weighted by Crippen LogP contribution is 2.16. The molecule has 0 unspecified atom stereocenters. The molecule has 0 aliphatic carbocycles. The summed E-state index contributed by atoms with van der Waals surface area (Å²) < 4.78 is 4.99. The van der Waals surface area contributed by atoms with Gasteiger partial charge in [0.2, 0.25) is 5.88 Å². The molecule has 0 amide bonds. The van der Waals surface area contributed by atoms with E-state index >= 15 is 0 Å². The van der Waals surface area contributed by atoms with Crippen LogP contribution < -0.4 is 4.74 Å². The zero-order valence-electron chi connectivity index (χ0n) is 12.9. The lowest BCUT2D eigenvalue weighted by molar-refractivity contribution is 0.397. The Balaban J connectivity index is 0.000000204. The Bertz CT molecular complexity index is 498. The second kappa shape index (κ2) is 8.25. The second-order valence-electron chi connectivity index (χ2n) is 5.12. The van der Waals surface area contributed by atoms with Crippen LogP contribution in [0.3, 0.4) is 0 Å². The van der Waals surface area contributed by atoms with Gasteiger partial charge in [0.25, 0.3) is 0 Å². The maximum Gasteiger partial charge on any atom is 0.213 e. The van der Waals surface area contributed by atoms with Crippen LogP contribution in [0.2, 0.25) is 0 Å². The van der Waals surface area contributed by atoms with Crippen LogP contribution in [0.4, 0.5) is 0 Å². The van der Waals surface area contributed by atoms with E-state index in [0.29, 0.717) is 17.7 Å². The van der Waals surface area contributed by atoms with Gasteiger partial charge in [-0.1, -0.05) is 27.7 Å². The van der Waals surface area contributed by atoms with Gasteiger partial charge in [0.15, 0.2) is 0 Å². The minimum absolute atomic E-state index is 0.534. The summed E-state index contributed by atoms with van der Waals surface area (Å²) in [5.41, 5.74) is 2.50. The zero-order chi connectivity index (χ0) is 15.0. The number of ether oxygens (including phenoxy) is 1. The van der Waals surface area contributed by atoms with E-state index in [0.717, 1.165) is 0 Å². The summed E-state index contributed by atoms with van der Waals surface area (Å²) in [6, 6.07) is 5.95. The number of pyridine rings is 1. The first kappa shape index (κ1) is 16.1. The molecular formula is C16H23N3O. The minimum Gasteiger partial charge on any atom is -0.481 e. The summed E-state index contributed by atoms with van der Waals surface area (Å²) in [7, 11) is 1.63. The van der Waals surface area contributed by atoms with E-state index in [1.807, 2.05) is 18.2 Å². The van der Waals surface area contributed by atoms with E-state index in [1.165, 1.54) is 11.1 Å². The molecule has 2 rings (SSSR count). The summed E-state index contributed by atoms with van der Waals surface area (Å²) in [6.07, 6.45) is 5.29. The third kappa shape index (κ3) is 5.34. The Labute approximate surface area is 121 Å². The van der Waals surface area contributed by atoms with Crippen molar-refractivity contribution in [2.75, 3.05) is 7.11 Å². The largest absolute Gasteiger partial charge is 0.481 e. The fourth-order valence-electron chi connectivity index (χ4n) is 1.54. The van der Waals surface area contributed by atoms with Crippen molar-refractivity contribution in [3.05, 3.63) is 47.9 Å². The third-order valence-electron chi connectivity index (χ3n) is 2.91. The van der Waals surface area contributed by atoms with Crippen molar-refractivity contribution in [3.8, 4) is 5.88 Å². The van der Waals surface area contributed by atoms with E-state index in [2.05, 4.69) is 42.9 Å². The molecule has 4 nitrogen and oxygen atoms in total. The van der Waals surface area contributed by atoms with Crippen molar-refractivity contribution in [1.29, 1.82) is 0 Å². The molecule has 0 atom stereocenters. The van der Waals surface area contributed by atoms with E-state index in [1.54, 1.807) is 25.7 Å². The normalized spacial score (nSPS) is 10.2. The minimum atomic E-state index is 0.534. The van der Waals surface area contributed by atoms with E-state index < -0.39 is 0 Å². The van der Waals surface area contributed by atoms with Crippen molar-refractivity contribution in [3.63, 3.8) is 0 Å². The molecule has 0 fully saturated rings. The number of hydrogen-bond donors (Lipinski definition) is 0. The lowest BCUT2D eigenvalue weighted by atomic mass is 10.1. The van der Waals surface area contributed by atoms with Gasteiger partial charge in [-0.05, 0) is 35.1 Å². The smallest absolute Gasteiger partial charge is 0.213 e. The van der Waals surface area contributed by atoms with Gasteiger partial charge in [0.05, 0.1) is 13.3 Å². The van der Waals surface area contributed by atoms with Gasteiger partial charge in [-0.2, -0.15) is 10.2 Å². The fourth-order valence-corrected chi connectivity index (χ4v) is 1.54. The van der Waals surface area contributed by atoms with Crippen LogP contribution in [0, 0.1) is 0 Å². The molecule has 2 aromatic rings. The Hall–Kier alpha value is -1.97. The summed E-state index contributed by atoms with van der Waals surface area (Å²) >= 11 is 0. The molecule has 0 saturated carbocycles.